The predicted molar refractivity (Wildman–Crippen MR) is 147 cm³/mol. The Kier molecular flexibility index (Phi) is 7.69. The van der Waals surface area contributed by atoms with Gasteiger partial charge in [-0.15, -0.1) is 0 Å². The lowest BCUT2D eigenvalue weighted by Gasteiger charge is -2.33. The lowest BCUT2D eigenvalue weighted by atomic mass is 9.93. The third-order valence-corrected chi connectivity index (χ3v) is 7.89. The fourth-order valence-corrected chi connectivity index (χ4v) is 5.76. The highest BCUT2D eigenvalue weighted by molar-refractivity contribution is 6.33. The van der Waals surface area contributed by atoms with Crippen molar-refractivity contribution in [2.75, 3.05) is 25.9 Å². The molecular weight excluding hydrogens is 563 g/mol. The zero-order chi connectivity index (χ0) is 29.5. The third kappa shape index (κ3) is 5.61. The molecule has 0 unspecified atom stereocenters. The highest BCUT2D eigenvalue weighted by atomic mass is 35.5. The number of likely N-dealkylation sites (tertiary alicyclic amines) is 1. The maximum atomic E-state index is 13.4. The van der Waals surface area contributed by atoms with E-state index in [-0.39, 0.29) is 41.1 Å². The second-order valence-corrected chi connectivity index (χ2v) is 10.5. The summed E-state index contributed by atoms with van der Waals surface area (Å²) in [5.41, 5.74) is 5.82. The first kappa shape index (κ1) is 28.5. The van der Waals surface area contributed by atoms with Crippen LogP contribution in [0.2, 0.25) is 5.02 Å². The number of rotatable bonds is 6. The van der Waals surface area contributed by atoms with Gasteiger partial charge in [0.05, 0.1) is 52.0 Å². The van der Waals surface area contributed by atoms with Gasteiger partial charge >= 0.3 is 17.8 Å². The number of nitrogens with one attached hydrogen (secondary N) is 1. The van der Waals surface area contributed by atoms with Crippen molar-refractivity contribution in [3.63, 3.8) is 0 Å². The maximum Gasteiger partial charge on any atom is 0.418 e. The molecular formula is C28H27ClF3N5O4. The summed E-state index contributed by atoms with van der Waals surface area (Å²) in [5, 5.41) is 0.551. The second kappa shape index (κ2) is 11.1. The quantitative estimate of drug-likeness (QED) is 0.248. The molecule has 4 aromatic rings. The van der Waals surface area contributed by atoms with Crippen molar-refractivity contribution in [2.24, 2.45) is 5.92 Å². The van der Waals surface area contributed by atoms with Crippen LogP contribution in [-0.4, -0.2) is 51.5 Å². The summed E-state index contributed by atoms with van der Waals surface area (Å²) in [4.78, 5) is 47.6. The number of halogens is 4. The van der Waals surface area contributed by atoms with E-state index in [1.807, 2.05) is 24.3 Å². The lowest BCUT2D eigenvalue weighted by molar-refractivity contribution is -0.149. The summed E-state index contributed by atoms with van der Waals surface area (Å²) in [6.45, 7) is 0.673. The first-order valence-corrected chi connectivity index (χ1v) is 13.3. The molecule has 5 rings (SSSR count). The molecule has 13 heteroatoms. The first-order valence-electron chi connectivity index (χ1n) is 13.0. The number of hydrogen-bond donors (Lipinski definition) is 2. The van der Waals surface area contributed by atoms with Crippen LogP contribution in [0.1, 0.15) is 36.4 Å². The number of aromatic nitrogens is 3. The Morgan fingerprint density at radius 3 is 2.61 bits per heavy atom. The number of aromatic amines is 1. The van der Waals surface area contributed by atoms with Crippen molar-refractivity contribution in [2.45, 2.75) is 37.9 Å². The Bertz CT molecular complexity index is 1690. The van der Waals surface area contributed by atoms with Crippen LogP contribution in [0, 0.1) is 5.92 Å². The highest BCUT2D eigenvalue weighted by Crippen LogP contribution is 2.38. The maximum absolute atomic E-state index is 13.4. The highest BCUT2D eigenvalue weighted by Gasteiger charge is 2.35. The molecule has 2 aromatic carbocycles. The number of alkyl halides is 3. The number of benzene rings is 2. The van der Waals surface area contributed by atoms with E-state index in [9.17, 15) is 27.6 Å². The minimum atomic E-state index is -4.74. The molecule has 1 amide bonds. The lowest BCUT2D eigenvalue weighted by Crippen LogP contribution is -2.41. The van der Waals surface area contributed by atoms with Crippen LogP contribution in [-0.2, 0) is 26.9 Å². The Labute approximate surface area is 237 Å². The molecule has 1 aliphatic rings. The van der Waals surface area contributed by atoms with E-state index in [0.717, 1.165) is 24.1 Å². The molecule has 3 N–H and O–H groups in total. The number of H-pyrrole nitrogens is 1. The number of nitrogens with two attached hydrogens (primary N) is 1. The number of esters is 1. The van der Waals surface area contributed by atoms with Crippen molar-refractivity contribution >= 4 is 51.1 Å². The Morgan fingerprint density at radius 2 is 1.93 bits per heavy atom. The number of piperidine rings is 1. The molecule has 0 bridgehead atoms. The molecule has 2 aromatic heterocycles. The normalized spacial score (nSPS) is 15.4. The van der Waals surface area contributed by atoms with E-state index in [1.165, 1.54) is 6.07 Å². The van der Waals surface area contributed by atoms with Crippen LogP contribution >= 0.6 is 11.6 Å². The number of pyridine rings is 1. The van der Waals surface area contributed by atoms with E-state index in [4.69, 9.17) is 22.1 Å². The second-order valence-electron chi connectivity index (χ2n) is 10.1. The molecule has 0 saturated carbocycles. The molecule has 0 aliphatic carbocycles. The number of fused-ring (bicyclic) bond motifs is 3. The van der Waals surface area contributed by atoms with Gasteiger partial charge in [-0.05, 0) is 43.0 Å². The molecule has 1 fully saturated rings. The van der Waals surface area contributed by atoms with Crippen molar-refractivity contribution in [3.8, 4) is 0 Å². The number of amides is 1. The van der Waals surface area contributed by atoms with Gasteiger partial charge in [-0.25, -0.2) is 4.79 Å². The zero-order valence-electron chi connectivity index (χ0n) is 22.0. The van der Waals surface area contributed by atoms with Gasteiger partial charge in [0, 0.05) is 30.9 Å². The summed E-state index contributed by atoms with van der Waals surface area (Å²) in [5.74, 6) is -2.09. The van der Waals surface area contributed by atoms with Crippen LogP contribution < -0.4 is 11.4 Å². The summed E-state index contributed by atoms with van der Waals surface area (Å²) in [6, 6.07) is 9.44. The molecule has 0 radical (unpaired) electrons. The van der Waals surface area contributed by atoms with Crippen molar-refractivity contribution in [1.29, 1.82) is 0 Å². The molecule has 3 heterocycles. The Morgan fingerprint density at radius 1 is 1.22 bits per heavy atom. The molecule has 1 atom stereocenters. The molecule has 1 saturated heterocycles. The fraction of sp³-hybridized carbons (Fsp3) is 0.357. The van der Waals surface area contributed by atoms with Gasteiger partial charge in [0.25, 0.3) is 0 Å². The number of ether oxygens (including phenoxy) is 1. The largest absolute Gasteiger partial charge is 0.469 e. The summed E-state index contributed by atoms with van der Waals surface area (Å²) >= 11 is 5.93. The minimum absolute atomic E-state index is 0.110. The molecule has 1 aliphatic heterocycles. The molecule has 0 spiro atoms. The number of anilines is 1. The average molecular weight is 590 g/mol. The van der Waals surface area contributed by atoms with Crippen molar-refractivity contribution in [1.82, 2.24) is 19.4 Å². The molecule has 216 valence electrons. The standard InChI is InChI=1S/C28H27ClF3N5O4/c1-41-26(39)16(10-15-11-19(28(30,31)32)24(33)20(29)12-15)13-23(38)36-8-6-17(7-9-36)37-22-14-34-21-5-3-2-4-18(21)25(22)35-27(37)40/h2-5,11-12,14,16-17H,6-10,13,33H2,1H3,(H,35,40)/t16-/m0/s1. The van der Waals surface area contributed by atoms with Crippen LogP contribution in [0.25, 0.3) is 21.9 Å². The topological polar surface area (TPSA) is 123 Å². The third-order valence-electron chi connectivity index (χ3n) is 7.58. The van der Waals surface area contributed by atoms with Gasteiger partial charge in [0.1, 0.15) is 0 Å². The number of nitrogens with zero attached hydrogens (tertiary/aromatic N) is 3. The van der Waals surface area contributed by atoms with Crippen LogP contribution in [0.5, 0.6) is 0 Å². The predicted octanol–water partition coefficient (Wildman–Crippen LogP) is 4.72. The SMILES string of the molecule is COC(=O)[C@H](CC(=O)N1CCC(n2c(=O)[nH]c3c4ccccc4ncc32)CC1)Cc1cc(Cl)c(N)c(C(F)(F)F)c1. The van der Waals surface area contributed by atoms with Crippen LogP contribution in [0.4, 0.5) is 18.9 Å². The van der Waals surface area contributed by atoms with Crippen molar-refractivity contribution in [3.05, 3.63) is 69.2 Å². The van der Waals surface area contributed by atoms with Gasteiger partial charge in [-0.3, -0.25) is 19.1 Å². The van der Waals surface area contributed by atoms with Gasteiger partial charge in [-0.1, -0.05) is 29.8 Å². The van der Waals surface area contributed by atoms with Crippen molar-refractivity contribution < 1.29 is 27.5 Å². The Hall–Kier alpha value is -4.06. The number of hydrogen-bond acceptors (Lipinski definition) is 6. The van der Waals surface area contributed by atoms with Gasteiger partial charge in [0.15, 0.2) is 0 Å². The first-order chi connectivity index (χ1) is 19.5. The summed E-state index contributed by atoms with van der Waals surface area (Å²) in [7, 11) is 1.15. The van der Waals surface area contributed by atoms with E-state index in [0.29, 0.717) is 37.0 Å². The minimum Gasteiger partial charge on any atom is -0.469 e. The average Bonchev–Trinajstić information content (AvgIpc) is 3.29. The van der Waals surface area contributed by atoms with E-state index in [1.54, 1.807) is 15.7 Å². The summed E-state index contributed by atoms with van der Waals surface area (Å²) < 4.78 is 46.8. The number of nitrogen functional groups attached to an aromatic ring is 1. The van der Waals surface area contributed by atoms with E-state index < -0.39 is 29.3 Å². The van der Waals surface area contributed by atoms with Gasteiger partial charge in [0.2, 0.25) is 5.91 Å². The van der Waals surface area contributed by atoms with E-state index in [2.05, 4.69) is 9.97 Å². The molecule has 41 heavy (non-hydrogen) atoms. The van der Waals surface area contributed by atoms with E-state index >= 15 is 0 Å². The van der Waals surface area contributed by atoms with Gasteiger partial charge in [-0.2, -0.15) is 13.2 Å². The smallest absolute Gasteiger partial charge is 0.418 e. The zero-order valence-corrected chi connectivity index (χ0v) is 22.8. The number of para-hydroxylation sites is 1. The fourth-order valence-electron chi connectivity index (χ4n) is 5.51. The Balaban J connectivity index is 1.29. The number of carbonyl (C=O) groups excluding carboxylic acids is 2. The van der Waals surface area contributed by atoms with Crippen LogP contribution in [0.3, 0.4) is 0 Å². The van der Waals surface area contributed by atoms with Crippen LogP contribution in [0.15, 0.2) is 47.4 Å². The monoisotopic (exact) mass is 589 g/mol. The number of carbonyl (C=O) groups is 2. The van der Waals surface area contributed by atoms with Gasteiger partial charge < -0.3 is 20.4 Å². The molecule has 9 nitrogen and oxygen atoms in total. The summed E-state index contributed by atoms with van der Waals surface area (Å²) in [6.07, 6.45) is -2.52. The number of imidazole rings is 1. The number of methoxy groups -OCH3 is 1.